The van der Waals surface area contributed by atoms with Crippen molar-refractivity contribution in [2.75, 3.05) is 38.3 Å². The van der Waals surface area contributed by atoms with Gasteiger partial charge in [0.2, 0.25) is 0 Å². The molecule has 1 unspecified atom stereocenters. The second-order valence-corrected chi connectivity index (χ2v) is 8.70. The number of benzene rings is 1. The highest BCUT2D eigenvalue weighted by Gasteiger charge is 2.23. The summed E-state index contributed by atoms with van der Waals surface area (Å²) in [4.78, 5) is 7.42. The van der Waals surface area contributed by atoms with Gasteiger partial charge in [0.05, 0.1) is 12.6 Å². The summed E-state index contributed by atoms with van der Waals surface area (Å²) in [5.41, 5.74) is 3.81. The van der Waals surface area contributed by atoms with Crippen LogP contribution in [0.3, 0.4) is 0 Å². The standard InChI is InChI=1S/C25H35N3O2/c1-30-23-10-9-21-14-22(16-26-12-11-19-6-3-2-4-7-19)25(27-24(21)15-23)28-13-5-8-20(17-28)18-29/h6,9-10,14-15,20,26,29H,2-5,7-8,11-13,16-18H2,1H3. The largest absolute Gasteiger partial charge is 0.497 e. The molecule has 1 saturated heterocycles. The number of methoxy groups -OCH3 is 1. The quantitative estimate of drug-likeness (QED) is 0.499. The number of hydrogen-bond donors (Lipinski definition) is 2. The van der Waals surface area contributed by atoms with Crippen LogP contribution in [-0.4, -0.2) is 43.4 Å². The van der Waals surface area contributed by atoms with E-state index < -0.39 is 0 Å². The van der Waals surface area contributed by atoms with Crippen molar-refractivity contribution in [3.63, 3.8) is 0 Å². The Bertz CT molecular complexity index is 880. The van der Waals surface area contributed by atoms with E-state index in [-0.39, 0.29) is 6.61 Å². The number of fused-ring (bicyclic) bond motifs is 1. The Labute approximate surface area is 180 Å². The van der Waals surface area contributed by atoms with Gasteiger partial charge in [-0.25, -0.2) is 4.98 Å². The summed E-state index contributed by atoms with van der Waals surface area (Å²) >= 11 is 0. The van der Waals surface area contributed by atoms with Gasteiger partial charge in [0.15, 0.2) is 0 Å². The maximum Gasteiger partial charge on any atom is 0.133 e. The molecule has 5 heteroatoms. The molecule has 1 aromatic carbocycles. The van der Waals surface area contributed by atoms with Gasteiger partial charge in [-0.1, -0.05) is 11.6 Å². The molecule has 4 rings (SSSR count). The van der Waals surface area contributed by atoms with Crippen LogP contribution in [0.1, 0.15) is 50.5 Å². The van der Waals surface area contributed by atoms with Crippen molar-refractivity contribution < 1.29 is 9.84 Å². The maximum absolute atomic E-state index is 9.68. The minimum Gasteiger partial charge on any atom is -0.497 e. The maximum atomic E-state index is 9.68. The lowest BCUT2D eigenvalue weighted by Gasteiger charge is -2.34. The van der Waals surface area contributed by atoms with E-state index in [1.54, 1.807) is 12.7 Å². The van der Waals surface area contributed by atoms with Gasteiger partial charge in [0.25, 0.3) is 0 Å². The predicted molar refractivity (Wildman–Crippen MR) is 123 cm³/mol. The molecule has 1 atom stereocenters. The number of aromatic nitrogens is 1. The fourth-order valence-electron chi connectivity index (χ4n) is 4.72. The SMILES string of the molecule is COc1ccc2cc(CNCCC3=CCCCC3)c(N3CCCC(CO)C3)nc2c1. The van der Waals surface area contributed by atoms with Crippen LogP contribution in [0.15, 0.2) is 35.9 Å². The van der Waals surface area contributed by atoms with Crippen molar-refractivity contribution >= 4 is 16.7 Å². The van der Waals surface area contributed by atoms with Gasteiger partial charge in [0.1, 0.15) is 11.6 Å². The minimum atomic E-state index is 0.251. The molecular formula is C25H35N3O2. The average molecular weight is 410 g/mol. The molecule has 1 aliphatic heterocycles. The van der Waals surface area contributed by atoms with Crippen LogP contribution < -0.4 is 15.0 Å². The zero-order valence-corrected chi connectivity index (χ0v) is 18.2. The van der Waals surface area contributed by atoms with Crippen molar-refractivity contribution in [3.8, 4) is 5.75 Å². The first-order valence-electron chi connectivity index (χ1n) is 11.5. The van der Waals surface area contributed by atoms with Gasteiger partial charge in [-0.3, -0.25) is 0 Å². The first kappa shape index (κ1) is 21.1. The first-order chi connectivity index (χ1) is 14.8. The smallest absolute Gasteiger partial charge is 0.133 e. The molecule has 1 aliphatic carbocycles. The molecule has 0 radical (unpaired) electrons. The van der Waals surface area contributed by atoms with E-state index >= 15 is 0 Å². The van der Waals surface area contributed by atoms with Crippen LogP contribution in [0.25, 0.3) is 10.9 Å². The summed E-state index contributed by atoms with van der Waals surface area (Å²) in [5.74, 6) is 2.22. The van der Waals surface area contributed by atoms with Crippen molar-refractivity contribution in [1.29, 1.82) is 0 Å². The number of ether oxygens (including phenoxy) is 1. The molecule has 2 N–H and O–H groups in total. The second-order valence-electron chi connectivity index (χ2n) is 8.70. The third-order valence-corrected chi connectivity index (χ3v) is 6.48. The second kappa shape index (κ2) is 10.3. The number of aliphatic hydroxyl groups excluding tert-OH is 1. The number of allylic oxidation sites excluding steroid dienone is 1. The van der Waals surface area contributed by atoms with E-state index in [2.05, 4.69) is 28.4 Å². The van der Waals surface area contributed by atoms with Gasteiger partial charge in [-0.05, 0) is 75.6 Å². The average Bonchev–Trinajstić information content (AvgIpc) is 2.81. The van der Waals surface area contributed by atoms with Crippen LogP contribution in [-0.2, 0) is 6.54 Å². The molecule has 2 heterocycles. The number of pyridine rings is 1. The van der Waals surface area contributed by atoms with E-state index in [0.29, 0.717) is 5.92 Å². The van der Waals surface area contributed by atoms with E-state index in [1.807, 2.05) is 12.1 Å². The van der Waals surface area contributed by atoms with Crippen LogP contribution in [0.5, 0.6) is 5.75 Å². The molecular weight excluding hydrogens is 374 g/mol. The lowest BCUT2D eigenvalue weighted by molar-refractivity contribution is 0.208. The van der Waals surface area contributed by atoms with Crippen LogP contribution in [0, 0.1) is 5.92 Å². The van der Waals surface area contributed by atoms with Gasteiger partial charge < -0.3 is 20.1 Å². The summed E-state index contributed by atoms with van der Waals surface area (Å²) in [6.07, 6.45) is 11.0. The van der Waals surface area contributed by atoms with Gasteiger partial charge in [0, 0.05) is 43.3 Å². The van der Waals surface area contributed by atoms with Crippen LogP contribution in [0.2, 0.25) is 0 Å². The number of nitrogens with one attached hydrogen (secondary N) is 1. The minimum absolute atomic E-state index is 0.251. The molecule has 0 bridgehead atoms. The molecule has 162 valence electrons. The summed E-state index contributed by atoms with van der Waals surface area (Å²) in [6.45, 7) is 3.95. The highest BCUT2D eigenvalue weighted by molar-refractivity contribution is 5.83. The Balaban J connectivity index is 1.53. The molecule has 1 aromatic heterocycles. The van der Waals surface area contributed by atoms with E-state index in [0.717, 1.165) is 67.9 Å². The summed E-state index contributed by atoms with van der Waals surface area (Å²) < 4.78 is 5.41. The number of hydrogen-bond acceptors (Lipinski definition) is 5. The number of rotatable bonds is 8. The Morgan fingerprint density at radius 1 is 1.23 bits per heavy atom. The number of nitrogens with zero attached hydrogens (tertiary/aromatic N) is 2. The molecule has 0 amide bonds. The van der Waals surface area contributed by atoms with E-state index in [9.17, 15) is 5.11 Å². The monoisotopic (exact) mass is 409 g/mol. The molecule has 1 fully saturated rings. The topological polar surface area (TPSA) is 57.6 Å². The van der Waals surface area contributed by atoms with Crippen LogP contribution >= 0.6 is 0 Å². The number of anilines is 1. The van der Waals surface area contributed by atoms with Gasteiger partial charge in [-0.15, -0.1) is 0 Å². The first-order valence-corrected chi connectivity index (χ1v) is 11.5. The molecule has 5 nitrogen and oxygen atoms in total. The Morgan fingerprint density at radius 2 is 2.17 bits per heavy atom. The summed E-state index contributed by atoms with van der Waals surface area (Å²) in [7, 11) is 1.69. The van der Waals surface area contributed by atoms with Gasteiger partial charge >= 0.3 is 0 Å². The van der Waals surface area contributed by atoms with E-state index in [1.165, 1.54) is 31.2 Å². The molecule has 2 aliphatic rings. The highest BCUT2D eigenvalue weighted by atomic mass is 16.5. The van der Waals surface area contributed by atoms with Crippen LogP contribution in [0.4, 0.5) is 5.82 Å². The molecule has 2 aromatic rings. The third kappa shape index (κ3) is 5.13. The predicted octanol–water partition coefficient (Wildman–Crippen LogP) is 4.43. The Hall–Kier alpha value is -2.11. The summed E-state index contributed by atoms with van der Waals surface area (Å²) in [5, 5.41) is 14.5. The number of aliphatic hydroxyl groups is 1. The molecule has 0 spiro atoms. The lowest BCUT2D eigenvalue weighted by Crippen LogP contribution is -2.38. The van der Waals surface area contributed by atoms with E-state index in [4.69, 9.17) is 9.72 Å². The summed E-state index contributed by atoms with van der Waals surface area (Å²) in [6, 6.07) is 8.37. The zero-order chi connectivity index (χ0) is 20.8. The number of piperidine rings is 1. The molecule has 0 saturated carbocycles. The fourth-order valence-corrected chi connectivity index (χ4v) is 4.72. The van der Waals surface area contributed by atoms with Crippen molar-refractivity contribution in [1.82, 2.24) is 10.3 Å². The molecule has 30 heavy (non-hydrogen) atoms. The highest BCUT2D eigenvalue weighted by Crippen LogP contribution is 2.29. The Kier molecular flexibility index (Phi) is 7.24. The van der Waals surface area contributed by atoms with Crippen molar-refractivity contribution in [3.05, 3.63) is 41.5 Å². The lowest BCUT2D eigenvalue weighted by atomic mass is 9.97. The van der Waals surface area contributed by atoms with Crippen molar-refractivity contribution in [2.45, 2.75) is 51.5 Å². The van der Waals surface area contributed by atoms with Gasteiger partial charge in [-0.2, -0.15) is 0 Å². The van der Waals surface area contributed by atoms with Crippen molar-refractivity contribution in [2.24, 2.45) is 5.92 Å². The third-order valence-electron chi connectivity index (χ3n) is 6.48. The normalized spacial score (nSPS) is 19.7. The zero-order valence-electron chi connectivity index (χ0n) is 18.2. The fraction of sp³-hybridized carbons (Fsp3) is 0.560. The Morgan fingerprint density at radius 3 is 2.97 bits per heavy atom.